The van der Waals surface area contributed by atoms with Gasteiger partial charge >= 0.3 is 5.97 Å². The third kappa shape index (κ3) is 3.39. The quantitative estimate of drug-likeness (QED) is 0.571. The van der Waals surface area contributed by atoms with Crippen LogP contribution in [0.25, 0.3) is 0 Å². The van der Waals surface area contributed by atoms with E-state index in [-0.39, 0.29) is 18.8 Å². The van der Waals surface area contributed by atoms with E-state index in [0.717, 1.165) is 10.6 Å². The van der Waals surface area contributed by atoms with Crippen LogP contribution >= 0.6 is 12.6 Å². The number of thiol groups is 1. The van der Waals surface area contributed by atoms with Gasteiger partial charge in [-0.2, -0.15) is 17.7 Å². The molecule has 2 unspecified atom stereocenters. The zero-order valence-corrected chi connectivity index (χ0v) is 14.5. The highest BCUT2D eigenvalue weighted by Crippen LogP contribution is 2.41. The topological polar surface area (TPSA) is 108 Å². The Hall–Kier alpha value is -1.97. The van der Waals surface area contributed by atoms with Crippen LogP contribution in [0.5, 0.6) is 11.5 Å². The molecule has 1 aromatic carbocycles. The fourth-order valence-corrected chi connectivity index (χ4v) is 3.65. The molecule has 4 atom stereocenters. The van der Waals surface area contributed by atoms with E-state index < -0.39 is 24.0 Å². The standard InChI is InChI=1S/C16H20N2O6S/c1-8(16(20)21)17-15(19)11-5-10(12(6-25)18(11)22)9-2-3-13-14(4-9)24-7-23-13/h2-4,8,10-12,22,25H,5-7H2,1H3,(H,17,19)(H,20,21)/t8-,10?,11-,12?/m0/s1. The molecule has 9 heteroatoms. The minimum Gasteiger partial charge on any atom is -0.480 e. The van der Waals surface area contributed by atoms with Crippen LogP contribution in [0.2, 0.25) is 0 Å². The smallest absolute Gasteiger partial charge is 0.325 e. The van der Waals surface area contributed by atoms with E-state index in [0.29, 0.717) is 23.7 Å². The summed E-state index contributed by atoms with van der Waals surface area (Å²) in [5.74, 6) is -0.162. The lowest BCUT2D eigenvalue weighted by Crippen LogP contribution is -2.49. The third-order valence-corrected chi connectivity index (χ3v) is 5.02. The van der Waals surface area contributed by atoms with Crippen LogP contribution in [-0.4, -0.2) is 57.9 Å². The highest BCUT2D eigenvalue weighted by molar-refractivity contribution is 7.80. The average Bonchev–Trinajstić information content (AvgIpc) is 3.17. The molecule has 1 aromatic rings. The molecule has 0 spiro atoms. The van der Waals surface area contributed by atoms with Crippen LogP contribution in [0.4, 0.5) is 0 Å². The van der Waals surface area contributed by atoms with Crippen molar-refractivity contribution in [2.45, 2.75) is 37.4 Å². The first kappa shape index (κ1) is 17.8. The lowest BCUT2D eigenvalue weighted by Gasteiger charge is -2.24. The number of benzene rings is 1. The molecule has 8 nitrogen and oxygen atoms in total. The van der Waals surface area contributed by atoms with Gasteiger partial charge in [-0.1, -0.05) is 6.07 Å². The van der Waals surface area contributed by atoms with E-state index in [1.165, 1.54) is 6.92 Å². The van der Waals surface area contributed by atoms with Crippen molar-refractivity contribution >= 4 is 24.5 Å². The van der Waals surface area contributed by atoms with Crippen LogP contribution in [-0.2, 0) is 9.59 Å². The Balaban J connectivity index is 1.79. The summed E-state index contributed by atoms with van der Waals surface area (Å²) in [6, 6.07) is 3.28. The molecule has 0 saturated carbocycles. The first-order valence-electron chi connectivity index (χ1n) is 7.93. The molecule has 136 valence electrons. The number of carboxylic acid groups (broad SMARTS) is 1. The number of hydrogen-bond donors (Lipinski definition) is 4. The minimum atomic E-state index is -1.13. The van der Waals surface area contributed by atoms with Crippen molar-refractivity contribution in [2.75, 3.05) is 12.5 Å². The number of ether oxygens (including phenoxy) is 2. The first-order valence-corrected chi connectivity index (χ1v) is 8.56. The molecular formula is C16H20N2O6S. The Labute approximate surface area is 150 Å². The summed E-state index contributed by atoms with van der Waals surface area (Å²) in [5, 5.41) is 22.7. The van der Waals surface area contributed by atoms with Gasteiger partial charge in [-0.3, -0.25) is 9.59 Å². The van der Waals surface area contributed by atoms with Gasteiger partial charge in [-0.15, -0.1) is 0 Å². The Bertz CT molecular complexity index is 685. The van der Waals surface area contributed by atoms with Crippen LogP contribution < -0.4 is 14.8 Å². The van der Waals surface area contributed by atoms with Gasteiger partial charge in [0.05, 0.1) is 6.04 Å². The highest BCUT2D eigenvalue weighted by Gasteiger charge is 2.44. The lowest BCUT2D eigenvalue weighted by atomic mass is 9.91. The molecule has 1 fully saturated rings. The van der Waals surface area contributed by atoms with E-state index >= 15 is 0 Å². The van der Waals surface area contributed by atoms with Crippen LogP contribution in [0.3, 0.4) is 0 Å². The maximum absolute atomic E-state index is 12.4. The second-order valence-corrected chi connectivity index (χ2v) is 6.53. The molecule has 0 aromatic heterocycles. The van der Waals surface area contributed by atoms with Gasteiger partial charge in [0.1, 0.15) is 12.1 Å². The number of carbonyl (C=O) groups is 2. The summed E-state index contributed by atoms with van der Waals surface area (Å²) in [5.41, 5.74) is 0.906. The normalized spacial score (nSPS) is 26.4. The van der Waals surface area contributed by atoms with Crippen LogP contribution in [0, 0.1) is 0 Å². The van der Waals surface area contributed by atoms with Crippen molar-refractivity contribution in [1.29, 1.82) is 0 Å². The fourth-order valence-electron chi connectivity index (χ4n) is 3.23. The van der Waals surface area contributed by atoms with Gasteiger partial charge in [-0.05, 0) is 31.0 Å². The molecule has 0 bridgehead atoms. The number of carbonyl (C=O) groups excluding carboxylic acids is 1. The number of hydroxylamine groups is 2. The molecule has 2 heterocycles. The van der Waals surface area contributed by atoms with E-state index in [2.05, 4.69) is 17.9 Å². The maximum atomic E-state index is 12.4. The Morgan fingerprint density at radius 1 is 1.40 bits per heavy atom. The summed E-state index contributed by atoms with van der Waals surface area (Å²) in [7, 11) is 0. The molecule has 3 rings (SSSR count). The summed E-state index contributed by atoms with van der Waals surface area (Å²) in [6.07, 6.45) is 0.347. The van der Waals surface area contributed by atoms with E-state index in [1.807, 2.05) is 12.1 Å². The molecular weight excluding hydrogens is 348 g/mol. The largest absolute Gasteiger partial charge is 0.480 e. The average molecular weight is 368 g/mol. The zero-order chi connectivity index (χ0) is 18.1. The SMILES string of the molecule is C[C@H](NC(=O)[C@@H]1CC(c2ccc3c(c2)OCO3)C(CS)N1O)C(=O)O. The lowest BCUT2D eigenvalue weighted by molar-refractivity contribution is -0.157. The molecule has 2 aliphatic heterocycles. The van der Waals surface area contributed by atoms with Crippen molar-refractivity contribution < 1.29 is 29.4 Å². The maximum Gasteiger partial charge on any atom is 0.325 e. The molecule has 0 radical (unpaired) electrons. The predicted molar refractivity (Wildman–Crippen MR) is 90.2 cm³/mol. The second kappa shape index (κ2) is 7.11. The molecule has 0 aliphatic carbocycles. The number of nitrogens with one attached hydrogen (secondary N) is 1. The van der Waals surface area contributed by atoms with Gasteiger partial charge in [0, 0.05) is 11.7 Å². The first-order chi connectivity index (χ1) is 11.9. The summed E-state index contributed by atoms with van der Waals surface area (Å²) < 4.78 is 10.7. The number of amides is 1. The molecule has 1 saturated heterocycles. The minimum absolute atomic E-state index is 0.145. The molecule has 25 heavy (non-hydrogen) atoms. The molecule has 3 N–H and O–H groups in total. The predicted octanol–water partition coefficient (Wildman–Crippen LogP) is 0.850. The van der Waals surface area contributed by atoms with Crippen molar-refractivity contribution in [2.24, 2.45) is 0 Å². The van der Waals surface area contributed by atoms with Crippen molar-refractivity contribution in [3.05, 3.63) is 23.8 Å². The van der Waals surface area contributed by atoms with E-state index in [1.54, 1.807) is 6.07 Å². The zero-order valence-electron chi connectivity index (χ0n) is 13.6. The summed E-state index contributed by atoms with van der Waals surface area (Å²) in [6.45, 7) is 1.55. The highest BCUT2D eigenvalue weighted by atomic mass is 32.1. The van der Waals surface area contributed by atoms with Crippen molar-refractivity contribution in [3.8, 4) is 11.5 Å². The number of nitrogens with zero attached hydrogens (tertiary/aromatic N) is 1. The number of carboxylic acids is 1. The molecule has 2 aliphatic rings. The fraction of sp³-hybridized carbons (Fsp3) is 0.500. The van der Waals surface area contributed by atoms with Gasteiger partial charge < -0.3 is 25.1 Å². The number of fused-ring (bicyclic) bond motifs is 1. The second-order valence-electron chi connectivity index (χ2n) is 6.17. The van der Waals surface area contributed by atoms with Gasteiger partial charge in [0.2, 0.25) is 12.7 Å². The van der Waals surface area contributed by atoms with Crippen molar-refractivity contribution in [1.82, 2.24) is 10.4 Å². The monoisotopic (exact) mass is 368 g/mol. The summed E-state index contributed by atoms with van der Waals surface area (Å²) in [4.78, 5) is 23.3. The van der Waals surface area contributed by atoms with Gasteiger partial charge in [-0.25, -0.2) is 0 Å². The summed E-state index contributed by atoms with van der Waals surface area (Å²) >= 11 is 4.29. The van der Waals surface area contributed by atoms with E-state index in [9.17, 15) is 14.8 Å². The number of aliphatic carboxylic acids is 1. The van der Waals surface area contributed by atoms with Gasteiger partial charge in [0.25, 0.3) is 0 Å². The number of rotatable bonds is 5. The third-order valence-electron chi connectivity index (χ3n) is 4.64. The molecule has 1 amide bonds. The van der Waals surface area contributed by atoms with Crippen LogP contribution in [0.15, 0.2) is 18.2 Å². The van der Waals surface area contributed by atoms with E-state index in [4.69, 9.17) is 14.6 Å². The Morgan fingerprint density at radius 3 is 2.80 bits per heavy atom. The van der Waals surface area contributed by atoms with Crippen molar-refractivity contribution in [3.63, 3.8) is 0 Å². The number of hydrogen-bond acceptors (Lipinski definition) is 7. The van der Waals surface area contributed by atoms with Crippen LogP contribution in [0.1, 0.15) is 24.8 Å². The van der Waals surface area contributed by atoms with Gasteiger partial charge in [0.15, 0.2) is 11.5 Å². The Morgan fingerprint density at radius 2 is 2.12 bits per heavy atom. The Kier molecular flexibility index (Phi) is 5.07.